The molecule has 2 aromatic carbocycles. The lowest BCUT2D eigenvalue weighted by Crippen LogP contribution is -1.96. The van der Waals surface area contributed by atoms with Crippen LogP contribution in [0.4, 0.5) is 11.5 Å². The molecule has 0 aliphatic rings. The number of aromatic nitrogens is 4. The smallest absolute Gasteiger partial charge is 0.321 e. The van der Waals surface area contributed by atoms with E-state index in [1.807, 2.05) is 54.7 Å². The van der Waals surface area contributed by atoms with Crippen molar-refractivity contribution in [2.75, 3.05) is 11.5 Å². The van der Waals surface area contributed by atoms with E-state index in [1.165, 1.54) is 0 Å². The summed E-state index contributed by atoms with van der Waals surface area (Å²) in [5, 5.41) is 0. The van der Waals surface area contributed by atoms with E-state index < -0.39 is 0 Å². The Morgan fingerprint density at radius 2 is 1.42 bits per heavy atom. The number of anilines is 2. The summed E-state index contributed by atoms with van der Waals surface area (Å²) in [7, 11) is 0. The molecule has 7 heteroatoms. The Bertz CT molecular complexity index is 1360. The van der Waals surface area contributed by atoms with Crippen LogP contribution in [0, 0.1) is 6.92 Å². The average Bonchev–Trinajstić information content (AvgIpc) is 3.09. The summed E-state index contributed by atoms with van der Waals surface area (Å²) in [6, 6.07) is 17.7. The minimum atomic E-state index is 0.302. The quantitative estimate of drug-likeness (QED) is 0.417. The van der Waals surface area contributed by atoms with Crippen LogP contribution in [-0.4, -0.2) is 19.4 Å². The number of nitrogens with two attached hydrogens (primary N) is 2. The molecule has 31 heavy (non-hydrogen) atoms. The molecule has 7 nitrogen and oxygen atoms in total. The molecule has 5 aromatic rings. The van der Waals surface area contributed by atoms with Gasteiger partial charge >= 0.3 is 6.01 Å². The molecule has 152 valence electrons. The molecule has 0 saturated heterocycles. The Morgan fingerprint density at radius 1 is 0.774 bits per heavy atom. The minimum Gasteiger partial charge on any atom is -0.424 e. The maximum absolute atomic E-state index is 6.32. The number of nitrogen functional groups attached to an aromatic ring is 2. The SMILES string of the molecule is Cc1c(-c2ccc(N)cc2)c(-c2ccc(Oc3ncccn3)cc2)c2c(N)nccn12. The molecule has 0 aliphatic heterocycles. The number of benzene rings is 2. The van der Waals surface area contributed by atoms with Crippen molar-refractivity contribution in [3.63, 3.8) is 0 Å². The highest BCUT2D eigenvalue weighted by Gasteiger charge is 2.21. The number of aryl methyl sites for hydroxylation is 1. The van der Waals surface area contributed by atoms with Gasteiger partial charge in [0.15, 0.2) is 0 Å². The summed E-state index contributed by atoms with van der Waals surface area (Å²) in [6.45, 7) is 2.08. The average molecular weight is 408 g/mol. The lowest BCUT2D eigenvalue weighted by atomic mass is 9.95. The first kappa shape index (κ1) is 18.6. The second-order valence-electron chi connectivity index (χ2n) is 7.15. The Labute approximate surface area is 179 Å². The fraction of sp³-hybridized carbons (Fsp3) is 0.0417. The second-order valence-corrected chi connectivity index (χ2v) is 7.15. The number of nitrogens with zero attached hydrogens (tertiary/aromatic N) is 4. The van der Waals surface area contributed by atoms with Gasteiger partial charge in [-0.2, -0.15) is 0 Å². The fourth-order valence-electron chi connectivity index (χ4n) is 3.80. The van der Waals surface area contributed by atoms with Crippen molar-refractivity contribution in [1.29, 1.82) is 0 Å². The van der Waals surface area contributed by atoms with Gasteiger partial charge in [0.25, 0.3) is 0 Å². The summed E-state index contributed by atoms with van der Waals surface area (Å²) in [5.74, 6) is 1.12. The van der Waals surface area contributed by atoms with Gasteiger partial charge in [-0.25, -0.2) is 15.0 Å². The van der Waals surface area contributed by atoms with Crippen LogP contribution in [0.5, 0.6) is 11.8 Å². The summed E-state index contributed by atoms with van der Waals surface area (Å²) >= 11 is 0. The first-order chi connectivity index (χ1) is 15.1. The van der Waals surface area contributed by atoms with Gasteiger partial charge in [0.2, 0.25) is 0 Å². The third kappa shape index (κ3) is 3.32. The number of rotatable bonds is 4. The number of hydrogen-bond donors (Lipinski definition) is 2. The molecule has 0 fully saturated rings. The van der Waals surface area contributed by atoms with E-state index in [2.05, 4.69) is 26.3 Å². The molecule has 0 aliphatic carbocycles. The van der Waals surface area contributed by atoms with Gasteiger partial charge in [0.05, 0.1) is 5.52 Å². The van der Waals surface area contributed by atoms with Gasteiger partial charge in [-0.3, -0.25) is 0 Å². The van der Waals surface area contributed by atoms with Crippen molar-refractivity contribution in [3.05, 3.63) is 85.1 Å². The number of fused-ring (bicyclic) bond motifs is 1. The van der Waals surface area contributed by atoms with E-state index in [-0.39, 0.29) is 0 Å². The Hall–Kier alpha value is -4.39. The topological polar surface area (TPSA) is 104 Å². The van der Waals surface area contributed by atoms with E-state index in [9.17, 15) is 0 Å². The summed E-state index contributed by atoms with van der Waals surface area (Å²) in [4.78, 5) is 12.5. The molecule has 0 atom stereocenters. The lowest BCUT2D eigenvalue weighted by Gasteiger charge is -2.09. The van der Waals surface area contributed by atoms with Gasteiger partial charge in [-0.15, -0.1) is 0 Å². The van der Waals surface area contributed by atoms with Crippen LogP contribution in [0.15, 0.2) is 79.4 Å². The predicted molar refractivity (Wildman–Crippen MR) is 122 cm³/mol. The second kappa shape index (κ2) is 7.46. The van der Waals surface area contributed by atoms with Gasteiger partial charge in [0.1, 0.15) is 11.6 Å². The third-order valence-electron chi connectivity index (χ3n) is 5.22. The summed E-state index contributed by atoms with van der Waals surface area (Å²) in [6.07, 6.45) is 6.92. The largest absolute Gasteiger partial charge is 0.424 e. The molecule has 0 spiro atoms. The maximum atomic E-state index is 6.32. The Kier molecular flexibility index (Phi) is 4.48. The van der Waals surface area contributed by atoms with Crippen molar-refractivity contribution in [3.8, 4) is 34.0 Å². The minimum absolute atomic E-state index is 0.302. The van der Waals surface area contributed by atoms with Gasteiger partial charge < -0.3 is 20.6 Å². The maximum Gasteiger partial charge on any atom is 0.321 e. The van der Waals surface area contributed by atoms with Gasteiger partial charge in [-0.05, 0) is 48.4 Å². The predicted octanol–water partition coefficient (Wildman–Crippen LogP) is 4.72. The van der Waals surface area contributed by atoms with Crippen molar-refractivity contribution in [2.24, 2.45) is 0 Å². The third-order valence-corrected chi connectivity index (χ3v) is 5.22. The molecule has 0 amide bonds. The van der Waals surface area contributed by atoms with Crippen LogP contribution in [0.3, 0.4) is 0 Å². The molecule has 4 N–H and O–H groups in total. The first-order valence-electron chi connectivity index (χ1n) is 9.78. The highest BCUT2D eigenvalue weighted by Crippen LogP contribution is 2.42. The molecule has 3 aromatic heterocycles. The molecule has 5 rings (SSSR count). The molecular formula is C24H20N6O. The molecule has 0 unspecified atom stereocenters. The Balaban J connectivity index is 1.67. The fourth-order valence-corrected chi connectivity index (χ4v) is 3.80. The summed E-state index contributed by atoms with van der Waals surface area (Å²) < 4.78 is 7.81. The van der Waals surface area contributed by atoms with Gasteiger partial charge in [0, 0.05) is 47.3 Å². The molecule has 3 heterocycles. The van der Waals surface area contributed by atoms with E-state index in [0.29, 0.717) is 17.6 Å². The van der Waals surface area contributed by atoms with Crippen molar-refractivity contribution in [1.82, 2.24) is 19.4 Å². The zero-order valence-corrected chi connectivity index (χ0v) is 16.9. The van der Waals surface area contributed by atoms with Crippen LogP contribution in [0.1, 0.15) is 5.69 Å². The van der Waals surface area contributed by atoms with Gasteiger partial charge in [-0.1, -0.05) is 24.3 Å². The van der Waals surface area contributed by atoms with E-state index in [0.717, 1.165) is 39.2 Å². The molecule has 0 saturated carbocycles. The Morgan fingerprint density at radius 3 is 2.13 bits per heavy atom. The van der Waals surface area contributed by atoms with Crippen LogP contribution in [0.25, 0.3) is 27.8 Å². The number of ether oxygens (including phenoxy) is 1. The monoisotopic (exact) mass is 408 g/mol. The molecule has 0 radical (unpaired) electrons. The highest BCUT2D eigenvalue weighted by molar-refractivity contribution is 6.00. The summed E-state index contributed by atoms with van der Waals surface area (Å²) in [5.41, 5.74) is 19.0. The van der Waals surface area contributed by atoms with E-state index in [4.69, 9.17) is 16.2 Å². The normalized spacial score (nSPS) is 11.0. The van der Waals surface area contributed by atoms with Crippen LogP contribution < -0.4 is 16.2 Å². The standard InChI is InChI=1S/C24H20N6O/c1-15-20(16-3-7-18(25)8-4-16)21(22-23(26)27-13-14-30(15)22)17-5-9-19(10-6-17)31-24-28-11-2-12-29-24/h2-14H,25H2,1H3,(H2,26,27). The van der Waals surface area contributed by atoms with Crippen LogP contribution >= 0.6 is 0 Å². The molecule has 0 bridgehead atoms. The van der Waals surface area contributed by atoms with E-state index >= 15 is 0 Å². The van der Waals surface area contributed by atoms with Crippen molar-refractivity contribution in [2.45, 2.75) is 6.92 Å². The van der Waals surface area contributed by atoms with E-state index in [1.54, 1.807) is 24.7 Å². The van der Waals surface area contributed by atoms with Crippen molar-refractivity contribution < 1.29 is 4.74 Å². The molecular weight excluding hydrogens is 388 g/mol. The zero-order chi connectivity index (χ0) is 21.4. The lowest BCUT2D eigenvalue weighted by molar-refractivity contribution is 0.442. The zero-order valence-electron chi connectivity index (χ0n) is 16.9. The highest BCUT2D eigenvalue weighted by atomic mass is 16.5. The van der Waals surface area contributed by atoms with Crippen LogP contribution in [0.2, 0.25) is 0 Å². The van der Waals surface area contributed by atoms with Crippen molar-refractivity contribution >= 4 is 17.0 Å². The van der Waals surface area contributed by atoms with Crippen LogP contribution in [-0.2, 0) is 0 Å². The first-order valence-corrected chi connectivity index (χ1v) is 9.78. The number of hydrogen-bond acceptors (Lipinski definition) is 6.